The quantitative estimate of drug-likeness (QED) is 0.259. The van der Waals surface area contributed by atoms with Gasteiger partial charge in [0.05, 0.1) is 6.54 Å². The lowest BCUT2D eigenvalue weighted by Crippen LogP contribution is -2.38. The van der Waals surface area contributed by atoms with Gasteiger partial charge in [0.1, 0.15) is 5.75 Å². The molecule has 0 atom stereocenters. The van der Waals surface area contributed by atoms with Crippen molar-refractivity contribution in [3.63, 3.8) is 0 Å². The number of hydrogen-bond acceptors (Lipinski definition) is 3. The summed E-state index contributed by atoms with van der Waals surface area (Å²) in [6, 6.07) is 5.89. The molecule has 2 aromatic rings. The minimum atomic E-state index is 0. The zero-order valence-corrected chi connectivity index (χ0v) is 17.4. The largest absolute Gasteiger partial charge is 0.507 e. The highest BCUT2D eigenvalue weighted by molar-refractivity contribution is 14.0. The van der Waals surface area contributed by atoms with Gasteiger partial charge in [-0.3, -0.25) is 4.68 Å². The van der Waals surface area contributed by atoms with Gasteiger partial charge in [-0.05, 0) is 49.9 Å². The molecule has 25 heavy (non-hydrogen) atoms. The van der Waals surface area contributed by atoms with E-state index in [0.29, 0.717) is 12.3 Å². The van der Waals surface area contributed by atoms with Crippen molar-refractivity contribution in [3.8, 4) is 5.75 Å². The van der Waals surface area contributed by atoms with E-state index in [1.165, 1.54) is 0 Å². The molecule has 2 rings (SSSR count). The van der Waals surface area contributed by atoms with Crippen molar-refractivity contribution >= 4 is 29.9 Å². The Hall–Kier alpha value is -1.77. The highest BCUT2D eigenvalue weighted by atomic mass is 127. The molecule has 1 aromatic carbocycles. The van der Waals surface area contributed by atoms with Crippen LogP contribution in [0, 0.1) is 13.8 Å². The maximum Gasteiger partial charge on any atom is 0.191 e. The summed E-state index contributed by atoms with van der Waals surface area (Å²) < 4.78 is 1.92. The number of guanidine groups is 1. The molecule has 0 unspecified atom stereocenters. The number of benzene rings is 1. The van der Waals surface area contributed by atoms with Gasteiger partial charge in [-0.1, -0.05) is 12.1 Å². The summed E-state index contributed by atoms with van der Waals surface area (Å²) in [5, 5.41) is 20.6. The molecule has 0 radical (unpaired) electrons. The Morgan fingerprint density at radius 3 is 2.56 bits per heavy atom. The molecule has 1 aromatic heterocycles. The molecule has 0 aliphatic carbocycles. The van der Waals surface area contributed by atoms with Crippen LogP contribution in [0.2, 0.25) is 0 Å². The second-order valence-corrected chi connectivity index (χ2v) is 5.82. The Kier molecular flexibility index (Phi) is 9.33. The molecular formula is C18H28IN5O. The van der Waals surface area contributed by atoms with E-state index >= 15 is 0 Å². The lowest BCUT2D eigenvalue weighted by atomic mass is 10.1. The van der Waals surface area contributed by atoms with Gasteiger partial charge in [0, 0.05) is 32.0 Å². The summed E-state index contributed by atoms with van der Waals surface area (Å²) in [5.74, 6) is 1.17. The third-order valence-corrected chi connectivity index (χ3v) is 3.73. The van der Waals surface area contributed by atoms with Crippen LogP contribution >= 0.6 is 24.0 Å². The number of hydrogen-bond donors (Lipinski definition) is 3. The van der Waals surface area contributed by atoms with Gasteiger partial charge in [0.15, 0.2) is 5.96 Å². The smallest absolute Gasteiger partial charge is 0.191 e. The van der Waals surface area contributed by atoms with Crippen molar-refractivity contribution < 1.29 is 5.11 Å². The molecule has 7 heteroatoms. The first-order valence-electron chi connectivity index (χ1n) is 8.39. The molecule has 0 aliphatic heterocycles. The van der Waals surface area contributed by atoms with E-state index in [0.717, 1.165) is 48.7 Å². The summed E-state index contributed by atoms with van der Waals surface area (Å²) in [4.78, 5) is 4.62. The van der Waals surface area contributed by atoms with Crippen LogP contribution in [0.3, 0.4) is 0 Å². The molecule has 3 N–H and O–H groups in total. The number of nitrogens with zero attached hydrogens (tertiary/aromatic N) is 3. The molecule has 0 bridgehead atoms. The van der Waals surface area contributed by atoms with Crippen LogP contribution in [0.4, 0.5) is 0 Å². The van der Waals surface area contributed by atoms with E-state index < -0.39 is 0 Å². The predicted octanol–water partition coefficient (Wildman–Crippen LogP) is 2.97. The monoisotopic (exact) mass is 457 g/mol. The van der Waals surface area contributed by atoms with Crippen LogP contribution < -0.4 is 10.6 Å². The standard InChI is InChI=1S/C18H27N5O.HI/c1-4-19-18(20-7-5-9-23-10-6-8-22-23)21-13-16-11-14(2)17(24)15(3)12-16;/h6,8,10-12,24H,4-5,7,9,13H2,1-3H3,(H2,19,20,21);1H. The lowest BCUT2D eigenvalue weighted by Gasteiger charge is -2.12. The topological polar surface area (TPSA) is 74.5 Å². The van der Waals surface area contributed by atoms with E-state index in [1.54, 1.807) is 6.20 Å². The highest BCUT2D eigenvalue weighted by Gasteiger charge is 2.04. The Labute approximate surface area is 166 Å². The molecule has 0 saturated carbocycles. The molecule has 0 fully saturated rings. The Balaban J connectivity index is 0.00000312. The summed E-state index contributed by atoms with van der Waals surface area (Å²) in [5.41, 5.74) is 2.87. The van der Waals surface area contributed by atoms with E-state index in [4.69, 9.17) is 0 Å². The maximum atomic E-state index is 9.85. The zero-order chi connectivity index (χ0) is 17.4. The summed E-state index contributed by atoms with van der Waals surface area (Å²) in [7, 11) is 0. The molecule has 138 valence electrons. The fourth-order valence-corrected chi connectivity index (χ4v) is 2.53. The van der Waals surface area contributed by atoms with Crippen molar-refractivity contribution in [1.82, 2.24) is 20.4 Å². The SMILES string of the molecule is CCNC(=NCc1cc(C)c(O)c(C)c1)NCCCn1cccn1.I. The first kappa shape index (κ1) is 21.3. The van der Waals surface area contributed by atoms with E-state index in [1.807, 2.05) is 42.9 Å². The van der Waals surface area contributed by atoms with Gasteiger partial charge in [-0.2, -0.15) is 5.10 Å². The number of phenols is 1. The number of phenolic OH excluding ortho intramolecular Hbond substituents is 1. The number of aromatic nitrogens is 2. The van der Waals surface area contributed by atoms with Crippen LogP contribution in [0.25, 0.3) is 0 Å². The molecular weight excluding hydrogens is 429 g/mol. The van der Waals surface area contributed by atoms with Crippen molar-refractivity contribution in [2.45, 2.75) is 40.3 Å². The van der Waals surface area contributed by atoms with Crippen LogP contribution in [0.5, 0.6) is 5.75 Å². The first-order chi connectivity index (χ1) is 11.6. The van der Waals surface area contributed by atoms with Gasteiger partial charge in [-0.25, -0.2) is 4.99 Å². The normalized spacial score (nSPS) is 11.1. The van der Waals surface area contributed by atoms with Crippen LogP contribution in [0.15, 0.2) is 35.6 Å². The molecule has 0 amide bonds. The number of aromatic hydroxyl groups is 1. The molecule has 0 spiro atoms. The van der Waals surface area contributed by atoms with Crippen LogP contribution in [-0.2, 0) is 13.1 Å². The number of halogens is 1. The number of aryl methyl sites for hydroxylation is 3. The summed E-state index contributed by atoms with van der Waals surface area (Å²) in [6.07, 6.45) is 4.74. The number of nitrogens with one attached hydrogen (secondary N) is 2. The maximum absolute atomic E-state index is 9.85. The summed E-state index contributed by atoms with van der Waals surface area (Å²) in [6.45, 7) is 8.99. The Morgan fingerprint density at radius 2 is 1.96 bits per heavy atom. The lowest BCUT2D eigenvalue weighted by molar-refractivity contribution is 0.466. The molecule has 0 saturated heterocycles. The van der Waals surface area contributed by atoms with E-state index in [-0.39, 0.29) is 24.0 Å². The fourth-order valence-electron chi connectivity index (χ4n) is 2.53. The van der Waals surface area contributed by atoms with Crippen LogP contribution in [0.1, 0.15) is 30.0 Å². The third kappa shape index (κ3) is 6.93. The van der Waals surface area contributed by atoms with Gasteiger partial charge < -0.3 is 15.7 Å². The van der Waals surface area contributed by atoms with Crippen LogP contribution in [-0.4, -0.2) is 33.9 Å². The Bertz CT molecular complexity index is 647. The Morgan fingerprint density at radius 1 is 1.24 bits per heavy atom. The fraction of sp³-hybridized carbons (Fsp3) is 0.444. The molecule has 6 nitrogen and oxygen atoms in total. The minimum Gasteiger partial charge on any atom is -0.507 e. The number of aliphatic imine (C=N–C) groups is 1. The first-order valence-corrected chi connectivity index (χ1v) is 8.39. The van der Waals surface area contributed by atoms with Gasteiger partial charge >= 0.3 is 0 Å². The van der Waals surface area contributed by atoms with Gasteiger partial charge in [0.25, 0.3) is 0 Å². The minimum absolute atomic E-state index is 0. The average molecular weight is 457 g/mol. The van der Waals surface area contributed by atoms with Gasteiger partial charge in [-0.15, -0.1) is 24.0 Å². The van der Waals surface area contributed by atoms with Crippen molar-refractivity contribution in [1.29, 1.82) is 0 Å². The number of rotatable bonds is 7. The predicted molar refractivity (Wildman–Crippen MR) is 113 cm³/mol. The second-order valence-electron chi connectivity index (χ2n) is 5.82. The molecule has 0 aliphatic rings. The summed E-state index contributed by atoms with van der Waals surface area (Å²) >= 11 is 0. The average Bonchev–Trinajstić information content (AvgIpc) is 3.07. The third-order valence-electron chi connectivity index (χ3n) is 3.73. The zero-order valence-electron chi connectivity index (χ0n) is 15.1. The van der Waals surface area contributed by atoms with Crippen molar-refractivity contribution in [2.24, 2.45) is 4.99 Å². The van der Waals surface area contributed by atoms with Crippen molar-refractivity contribution in [2.75, 3.05) is 13.1 Å². The van der Waals surface area contributed by atoms with Gasteiger partial charge in [0.2, 0.25) is 0 Å². The van der Waals surface area contributed by atoms with Crippen molar-refractivity contribution in [3.05, 3.63) is 47.3 Å². The second kappa shape index (κ2) is 11.0. The van der Waals surface area contributed by atoms with E-state index in [2.05, 4.69) is 27.6 Å². The highest BCUT2D eigenvalue weighted by Crippen LogP contribution is 2.23. The van der Waals surface area contributed by atoms with E-state index in [9.17, 15) is 5.11 Å². The molecule has 1 heterocycles.